The number of nitrogens with two attached hydrogens (primary N) is 1. The van der Waals surface area contributed by atoms with Crippen molar-refractivity contribution in [2.45, 2.75) is 32.4 Å². The van der Waals surface area contributed by atoms with Crippen molar-refractivity contribution in [3.8, 4) is 11.1 Å². The Labute approximate surface area is 143 Å². The van der Waals surface area contributed by atoms with E-state index in [1.165, 1.54) is 11.1 Å². The minimum Gasteiger partial charge on any atom is -0.392 e. The third kappa shape index (κ3) is 3.66. The highest BCUT2D eigenvalue weighted by Gasteiger charge is 2.24. The molecule has 0 fully saturated rings. The number of benzene rings is 2. The minimum atomic E-state index is -0.541. The van der Waals surface area contributed by atoms with Crippen molar-refractivity contribution in [2.75, 3.05) is 13.2 Å². The zero-order valence-corrected chi connectivity index (χ0v) is 14.5. The summed E-state index contributed by atoms with van der Waals surface area (Å²) in [6.45, 7) is 7.15. The summed E-state index contributed by atoms with van der Waals surface area (Å²) in [5, 5.41) is 16.5. The van der Waals surface area contributed by atoms with Crippen LogP contribution in [0.25, 0.3) is 11.1 Å². The predicted molar refractivity (Wildman–Crippen MR) is 96.0 cm³/mol. The fourth-order valence-corrected chi connectivity index (χ4v) is 2.84. The van der Waals surface area contributed by atoms with Crippen molar-refractivity contribution in [1.82, 2.24) is 0 Å². The molecule has 2 aromatic carbocycles. The normalized spacial score (nSPS) is 14.1. The first-order valence-corrected chi connectivity index (χ1v) is 8.37. The summed E-state index contributed by atoms with van der Waals surface area (Å²) in [6, 6.07) is 16.4. The van der Waals surface area contributed by atoms with Crippen LogP contribution in [0.1, 0.15) is 31.9 Å². The molecule has 0 saturated carbocycles. The Bertz CT molecular complexity index is 700. The van der Waals surface area contributed by atoms with Crippen molar-refractivity contribution in [2.24, 2.45) is 5.16 Å². The first-order chi connectivity index (χ1) is 11.5. The van der Waals surface area contributed by atoms with Gasteiger partial charge in [-0.25, -0.2) is 0 Å². The summed E-state index contributed by atoms with van der Waals surface area (Å²) in [4.78, 5) is 5.48. The molecular formula is C20H25N2O2+. The molecule has 1 aliphatic carbocycles. The van der Waals surface area contributed by atoms with Crippen LogP contribution in [0, 0.1) is 0 Å². The smallest absolute Gasteiger partial charge is 0.148 e. The topological polar surface area (TPSA) is 58.4 Å². The number of hydrogen-bond donors (Lipinski definition) is 2. The van der Waals surface area contributed by atoms with E-state index in [1.807, 2.05) is 24.3 Å². The van der Waals surface area contributed by atoms with Crippen LogP contribution in [-0.4, -0.2) is 35.6 Å². The number of oxime groups is 1. The van der Waals surface area contributed by atoms with Crippen LogP contribution < -0.4 is 5.32 Å². The fourth-order valence-electron chi connectivity index (χ4n) is 2.84. The highest BCUT2D eigenvalue weighted by molar-refractivity contribution is 6.24. The molecule has 0 unspecified atom stereocenters. The maximum Gasteiger partial charge on any atom is 0.148 e. The lowest BCUT2D eigenvalue weighted by Gasteiger charge is -2.18. The Balaban J connectivity index is 1.72. The van der Waals surface area contributed by atoms with Crippen LogP contribution in [0.5, 0.6) is 0 Å². The lowest BCUT2D eigenvalue weighted by molar-refractivity contribution is -0.722. The van der Waals surface area contributed by atoms with Gasteiger partial charge in [0.15, 0.2) is 0 Å². The third-order valence-corrected chi connectivity index (χ3v) is 4.08. The van der Waals surface area contributed by atoms with E-state index in [-0.39, 0.29) is 12.1 Å². The standard InChI is InChI=1S/C20H24N2O2/c1-20(2,3)21-12-14(23)13-24-22-19-17-10-6-4-8-15(17)16-9-5-7-11-18(16)19/h4-11,14,21,23H,12-13H2,1-3H3/p+1/t14-/m0/s1. The van der Waals surface area contributed by atoms with Crippen LogP contribution >= 0.6 is 0 Å². The maximum absolute atomic E-state index is 10.1. The molecule has 0 radical (unpaired) electrons. The monoisotopic (exact) mass is 325 g/mol. The number of quaternary nitrogens is 1. The van der Waals surface area contributed by atoms with E-state index < -0.39 is 6.10 Å². The zero-order chi connectivity index (χ0) is 17.2. The van der Waals surface area contributed by atoms with Gasteiger partial charge in [-0.05, 0) is 31.9 Å². The van der Waals surface area contributed by atoms with E-state index >= 15 is 0 Å². The van der Waals surface area contributed by atoms with Gasteiger partial charge in [0.05, 0.1) is 5.54 Å². The highest BCUT2D eigenvalue weighted by atomic mass is 16.6. The molecule has 0 aliphatic heterocycles. The Morgan fingerprint density at radius 3 is 1.96 bits per heavy atom. The van der Waals surface area contributed by atoms with Crippen molar-refractivity contribution < 1.29 is 15.3 Å². The van der Waals surface area contributed by atoms with Crippen molar-refractivity contribution in [3.05, 3.63) is 59.7 Å². The molecule has 3 rings (SSSR count). The number of rotatable bonds is 5. The second kappa shape index (κ2) is 6.75. The first-order valence-electron chi connectivity index (χ1n) is 8.37. The molecule has 0 spiro atoms. The quantitative estimate of drug-likeness (QED) is 0.706. The summed E-state index contributed by atoms with van der Waals surface area (Å²) in [5.74, 6) is 0. The van der Waals surface area contributed by atoms with Gasteiger partial charge in [-0.1, -0.05) is 53.7 Å². The van der Waals surface area contributed by atoms with Crippen LogP contribution in [0.3, 0.4) is 0 Å². The van der Waals surface area contributed by atoms with Crippen molar-refractivity contribution in [3.63, 3.8) is 0 Å². The number of nitrogens with zero attached hydrogens (tertiary/aromatic N) is 1. The zero-order valence-electron chi connectivity index (χ0n) is 14.5. The van der Waals surface area contributed by atoms with Crippen LogP contribution in [0.4, 0.5) is 0 Å². The van der Waals surface area contributed by atoms with Gasteiger partial charge in [0.25, 0.3) is 0 Å². The van der Waals surface area contributed by atoms with E-state index in [9.17, 15) is 5.11 Å². The lowest BCUT2D eigenvalue weighted by atomic mass is 10.1. The number of aliphatic hydroxyl groups is 1. The summed E-state index contributed by atoms with van der Waals surface area (Å²) in [6.07, 6.45) is -0.541. The van der Waals surface area contributed by atoms with Gasteiger partial charge in [0, 0.05) is 11.1 Å². The Morgan fingerprint density at radius 1 is 0.958 bits per heavy atom. The largest absolute Gasteiger partial charge is 0.392 e. The summed E-state index contributed by atoms with van der Waals surface area (Å²) in [5.41, 5.74) is 5.45. The van der Waals surface area contributed by atoms with Gasteiger partial charge in [-0.2, -0.15) is 0 Å². The molecule has 4 heteroatoms. The molecule has 1 atom stereocenters. The van der Waals surface area contributed by atoms with E-state index in [0.29, 0.717) is 6.54 Å². The van der Waals surface area contributed by atoms with Crippen LogP contribution in [0.15, 0.2) is 53.7 Å². The molecule has 0 saturated heterocycles. The van der Waals surface area contributed by atoms with Gasteiger partial charge in [0.2, 0.25) is 0 Å². The predicted octanol–water partition coefficient (Wildman–Crippen LogP) is 2.16. The highest BCUT2D eigenvalue weighted by Crippen LogP contribution is 2.36. The Hall–Kier alpha value is -2.17. The second-order valence-corrected chi connectivity index (χ2v) is 7.29. The molecule has 0 bridgehead atoms. The first kappa shape index (κ1) is 16.7. The van der Waals surface area contributed by atoms with E-state index in [4.69, 9.17) is 4.84 Å². The third-order valence-electron chi connectivity index (χ3n) is 4.08. The molecule has 2 aromatic rings. The molecule has 1 aliphatic rings. The molecule has 0 aromatic heterocycles. The van der Waals surface area contributed by atoms with Gasteiger partial charge >= 0.3 is 0 Å². The van der Waals surface area contributed by atoms with E-state index in [1.54, 1.807) is 0 Å². The van der Waals surface area contributed by atoms with Gasteiger partial charge in [-0.3, -0.25) is 0 Å². The fraction of sp³-hybridized carbons (Fsp3) is 0.350. The number of fused-ring (bicyclic) bond motifs is 3. The molecule has 4 nitrogen and oxygen atoms in total. The molecule has 0 amide bonds. The second-order valence-electron chi connectivity index (χ2n) is 7.29. The molecule has 24 heavy (non-hydrogen) atoms. The van der Waals surface area contributed by atoms with Gasteiger partial charge < -0.3 is 15.3 Å². The van der Waals surface area contributed by atoms with Gasteiger partial charge in [-0.15, -0.1) is 0 Å². The Morgan fingerprint density at radius 2 is 1.46 bits per heavy atom. The molecule has 0 heterocycles. The number of aliphatic hydroxyl groups excluding tert-OH is 1. The van der Waals surface area contributed by atoms with E-state index in [2.05, 4.69) is 55.5 Å². The average molecular weight is 325 g/mol. The molecule has 3 N–H and O–H groups in total. The minimum absolute atomic E-state index is 0.0935. The Kier molecular flexibility index (Phi) is 4.69. The average Bonchev–Trinajstić information content (AvgIpc) is 2.87. The molecule has 126 valence electrons. The van der Waals surface area contributed by atoms with Crippen LogP contribution in [0.2, 0.25) is 0 Å². The SMILES string of the molecule is CC(C)(C)[NH2+]C[C@H](O)CON=C1c2ccccc2-c2ccccc21. The van der Waals surface area contributed by atoms with Crippen LogP contribution in [-0.2, 0) is 4.84 Å². The van der Waals surface area contributed by atoms with E-state index in [0.717, 1.165) is 16.8 Å². The summed E-state index contributed by atoms with van der Waals surface area (Å²) < 4.78 is 0. The number of hydrogen-bond acceptors (Lipinski definition) is 3. The summed E-state index contributed by atoms with van der Waals surface area (Å²) >= 11 is 0. The van der Waals surface area contributed by atoms with Gasteiger partial charge in [0.1, 0.15) is 25.0 Å². The lowest BCUT2D eigenvalue weighted by Crippen LogP contribution is -2.96. The van der Waals surface area contributed by atoms with Crippen molar-refractivity contribution in [1.29, 1.82) is 0 Å². The molecular weight excluding hydrogens is 300 g/mol. The maximum atomic E-state index is 10.1. The van der Waals surface area contributed by atoms with Crippen molar-refractivity contribution >= 4 is 5.71 Å². The summed E-state index contributed by atoms with van der Waals surface area (Å²) in [7, 11) is 0.